The van der Waals surface area contributed by atoms with Gasteiger partial charge >= 0.3 is 0 Å². The van der Waals surface area contributed by atoms with Crippen molar-refractivity contribution in [3.8, 4) is 0 Å². The fraction of sp³-hybridized carbons (Fsp3) is 0.647. The van der Waals surface area contributed by atoms with Gasteiger partial charge in [-0.2, -0.15) is 0 Å². The molecule has 1 spiro atoms. The van der Waals surface area contributed by atoms with E-state index in [9.17, 15) is 0 Å². The highest BCUT2D eigenvalue weighted by Gasteiger charge is 2.73. The number of hydrogen-bond donors (Lipinski definition) is 0. The summed E-state index contributed by atoms with van der Waals surface area (Å²) in [7, 11) is 2.35. The predicted octanol–water partition coefficient (Wildman–Crippen LogP) is 3.58. The van der Waals surface area contributed by atoms with Crippen molar-refractivity contribution in [2.45, 2.75) is 50.6 Å². The summed E-state index contributed by atoms with van der Waals surface area (Å²) < 4.78 is 0. The summed E-state index contributed by atoms with van der Waals surface area (Å²) in [5, 5.41) is 0. The molecule has 1 heteroatoms. The second-order valence-corrected chi connectivity index (χ2v) is 6.89. The largest absolute Gasteiger partial charge is 0.294 e. The van der Waals surface area contributed by atoms with E-state index < -0.39 is 0 Å². The number of hydrogen-bond acceptors (Lipinski definition) is 1. The van der Waals surface area contributed by atoms with Gasteiger partial charge in [0.05, 0.1) is 0 Å². The van der Waals surface area contributed by atoms with Crippen molar-refractivity contribution in [3.63, 3.8) is 0 Å². The van der Waals surface area contributed by atoms with Gasteiger partial charge in [0.2, 0.25) is 0 Å². The highest BCUT2D eigenvalue weighted by Crippen LogP contribution is 2.67. The minimum Gasteiger partial charge on any atom is -0.294 e. The van der Waals surface area contributed by atoms with Gasteiger partial charge in [0, 0.05) is 11.6 Å². The van der Waals surface area contributed by atoms with Crippen molar-refractivity contribution in [1.29, 1.82) is 0 Å². The number of aryl methyl sites for hydroxylation is 1. The van der Waals surface area contributed by atoms with E-state index in [0.717, 1.165) is 23.8 Å². The summed E-state index contributed by atoms with van der Waals surface area (Å²) in [6.45, 7) is 4.66. The Labute approximate surface area is 110 Å². The van der Waals surface area contributed by atoms with Crippen LogP contribution in [0.4, 0.5) is 0 Å². The normalized spacial score (nSPS) is 48.9. The average molecular weight is 241 g/mol. The monoisotopic (exact) mass is 241 g/mol. The van der Waals surface area contributed by atoms with Crippen LogP contribution < -0.4 is 0 Å². The molecule has 1 heterocycles. The van der Waals surface area contributed by atoms with Crippen LogP contribution in [0.15, 0.2) is 24.3 Å². The molecular formula is C17H23N. The van der Waals surface area contributed by atoms with Gasteiger partial charge < -0.3 is 0 Å². The maximum atomic E-state index is 2.68. The third-order valence-electron chi connectivity index (χ3n) is 6.30. The second-order valence-electron chi connectivity index (χ2n) is 6.89. The smallest absolute Gasteiger partial charge is 0.0396 e. The van der Waals surface area contributed by atoms with Crippen molar-refractivity contribution in [1.82, 2.24) is 4.90 Å². The van der Waals surface area contributed by atoms with E-state index in [4.69, 9.17) is 0 Å². The molecule has 0 bridgehead atoms. The maximum absolute atomic E-state index is 2.68. The highest BCUT2D eigenvalue weighted by molar-refractivity contribution is 5.34. The number of nitrogens with zero attached hydrogens (tertiary/aromatic N) is 1. The molecule has 1 saturated heterocycles. The molecule has 0 amide bonds. The third-order valence-corrected chi connectivity index (χ3v) is 6.30. The lowest BCUT2D eigenvalue weighted by atomic mass is 9.58. The molecule has 6 atom stereocenters. The standard InChI is InChI=1S/C17H23N/c1-11-4-6-13(7-5-11)15-10-14-8-9-17(14)16(12(15)2)18(17)3/h4-7,12,14-16H,8-10H2,1-3H3/t12?,14?,15-,16?,17+,18?/m0/s1. The number of rotatable bonds is 1. The molecule has 4 rings (SSSR count). The van der Waals surface area contributed by atoms with Gasteiger partial charge in [-0.25, -0.2) is 0 Å². The molecule has 18 heavy (non-hydrogen) atoms. The van der Waals surface area contributed by atoms with Crippen LogP contribution in [0, 0.1) is 18.8 Å². The van der Waals surface area contributed by atoms with E-state index in [0.29, 0.717) is 5.54 Å². The number of likely N-dealkylation sites (tertiary alicyclic amines) is 1. The summed E-state index contributed by atoms with van der Waals surface area (Å²) in [6.07, 6.45) is 4.35. The Bertz CT molecular complexity index is 477. The van der Waals surface area contributed by atoms with Crippen molar-refractivity contribution >= 4 is 0 Å². The van der Waals surface area contributed by atoms with Gasteiger partial charge in [0.1, 0.15) is 0 Å². The van der Waals surface area contributed by atoms with Crippen LogP contribution in [0.25, 0.3) is 0 Å². The first-order chi connectivity index (χ1) is 8.64. The van der Waals surface area contributed by atoms with E-state index in [-0.39, 0.29) is 0 Å². The van der Waals surface area contributed by atoms with Crippen molar-refractivity contribution < 1.29 is 0 Å². The van der Waals surface area contributed by atoms with Gasteiger partial charge in [-0.15, -0.1) is 0 Å². The molecule has 4 unspecified atom stereocenters. The van der Waals surface area contributed by atoms with E-state index in [1.165, 1.54) is 24.8 Å². The molecule has 3 aliphatic rings. The van der Waals surface area contributed by atoms with E-state index in [2.05, 4.69) is 50.1 Å². The van der Waals surface area contributed by atoms with Gasteiger partial charge in [-0.05, 0) is 56.6 Å². The summed E-state index contributed by atoms with van der Waals surface area (Å²) in [5.74, 6) is 2.60. The minimum absolute atomic E-state index is 0.653. The lowest BCUT2D eigenvalue weighted by Crippen LogP contribution is -2.45. The van der Waals surface area contributed by atoms with Gasteiger partial charge in [0.25, 0.3) is 0 Å². The molecule has 0 radical (unpaired) electrons. The Morgan fingerprint density at radius 2 is 1.94 bits per heavy atom. The molecule has 1 nitrogen and oxygen atoms in total. The van der Waals surface area contributed by atoms with E-state index in [1.807, 2.05) is 0 Å². The van der Waals surface area contributed by atoms with Crippen LogP contribution >= 0.6 is 0 Å². The Hall–Kier alpha value is -0.820. The van der Waals surface area contributed by atoms with Crippen LogP contribution in [0.2, 0.25) is 0 Å². The molecule has 96 valence electrons. The van der Waals surface area contributed by atoms with E-state index in [1.54, 1.807) is 5.56 Å². The molecule has 1 aromatic carbocycles. The third kappa shape index (κ3) is 1.17. The van der Waals surface area contributed by atoms with Crippen molar-refractivity contribution in [3.05, 3.63) is 35.4 Å². The Morgan fingerprint density at radius 1 is 1.22 bits per heavy atom. The molecule has 2 saturated carbocycles. The van der Waals surface area contributed by atoms with Gasteiger partial charge in [-0.3, -0.25) is 4.90 Å². The molecule has 0 N–H and O–H groups in total. The van der Waals surface area contributed by atoms with Gasteiger partial charge in [-0.1, -0.05) is 36.8 Å². The molecule has 3 fully saturated rings. The summed E-state index contributed by atoms with van der Waals surface area (Å²) in [5.41, 5.74) is 3.61. The van der Waals surface area contributed by atoms with Crippen molar-refractivity contribution in [2.75, 3.05) is 7.05 Å². The zero-order valence-corrected chi connectivity index (χ0v) is 11.7. The average Bonchev–Trinajstić information content (AvgIpc) is 2.98. The SMILES string of the molecule is Cc1ccc([C@H]2CC3CC[C@]34C(C2C)N4C)cc1. The first-order valence-electron chi connectivity index (χ1n) is 7.44. The minimum atomic E-state index is 0.653. The van der Waals surface area contributed by atoms with Crippen LogP contribution in [-0.4, -0.2) is 23.5 Å². The van der Waals surface area contributed by atoms with E-state index >= 15 is 0 Å². The first-order valence-corrected chi connectivity index (χ1v) is 7.44. The fourth-order valence-electron chi connectivity index (χ4n) is 5.14. The van der Waals surface area contributed by atoms with Crippen LogP contribution in [0.3, 0.4) is 0 Å². The summed E-state index contributed by atoms with van der Waals surface area (Å²) in [4.78, 5) is 2.68. The number of likely N-dealkylation sites (N-methyl/N-ethyl adjacent to an activating group) is 1. The molecular weight excluding hydrogens is 218 g/mol. The maximum Gasteiger partial charge on any atom is 0.0396 e. The second kappa shape index (κ2) is 3.39. The highest BCUT2D eigenvalue weighted by atomic mass is 15.4. The topological polar surface area (TPSA) is 3.01 Å². The van der Waals surface area contributed by atoms with Gasteiger partial charge in [0.15, 0.2) is 0 Å². The fourth-order valence-corrected chi connectivity index (χ4v) is 5.14. The molecule has 1 aliphatic heterocycles. The summed E-state index contributed by atoms with van der Waals surface area (Å²) >= 11 is 0. The zero-order valence-electron chi connectivity index (χ0n) is 11.7. The number of benzene rings is 1. The molecule has 0 aromatic heterocycles. The molecule has 1 aromatic rings. The van der Waals surface area contributed by atoms with Crippen molar-refractivity contribution in [2.24, 2.45) is 11.8 Å². The quantitative estimate of drug-likeness (QED) is 0.679. The lowest BCUT2D eigenvalue weighted by molar-refractivity contribution is 0.117. The summed E-state index contributed by atoms with van der Waals surface area (Å²) in [6, 6.07) is 10.2. The zero-order chi connectivity index (χ0) is 12.5. The predicted molar refractivity (Wildman–Crippen MR) is 74.7 cm³/mol. The lowest BCUT2D eigenvalue weighted by Gasteiger charge is -2.45. The Morgan fingerprint density at radius 3 is 2.56 bits per heavy atom. The van der Waals surface area contributed by atoms with Crippen LogP contribution in [-0.2, 0) is 0 Å². The van der Waals surface area contributed by atoms with Crippen LogP contribution in [0.1, 0.15) is 43.2 Å². The Balaban J connectivity index is 1.65. The first kappa shape index (κ1) is 11.0. The molecule has 2 aliphatic carbocycles. The Kier molecular flexibility index (Phi) is 2.08. The van der Waals surface area contributed by atoms with Crippen LogP contribution in [0.5, 0.6) is 0 Å².